The first kappa shape index (κ1) is 25.4. The van der Waals surface area contributed by atoms with Crippen molar-refractivity contribution in [2.75, 3.05) is 0 Å². The molecule has 0 aromatic carbocycles. The lowest BCUT2D eigenvalue weighted by molar-refractivity contribution is -0.137. The van der Waals surface area contributed by atoms with Crippen molar-refractivity contribution in [1.29, 1.82) is 0 Å². The molecule has 0 amide bonds. The van der Waals surface area contributed by atoms with Crippen molar-refractivity contribution in [3.8, 4) is 0 Å². The molecule has 0 saturated heterocycles. The van der Waals surface area contributed by atoms with Crippen LogP contribution in [-0.4, -0.2) is 22.3 Å². The predicted octanol–water partition coefficient (Wildman–Crippen LogP) is 6.55. The van der Waals surface area contributed by atoms with Crippen molar-refractivity contribution in [2.24, 2.45) is 5.41 Å². The van der Waals surface area contributed by atoms with E-state index in [0.29, 0.717) is 6.42 Å². The minimum atomic E-state index is -0.684. The Bertz CT molecular complexity index is 320. The van der Waals surface area contributed by atoms with Gasteiger partial charge in [0.2, 0.25) is 0 Å². The highest BCUT2D eigenvalue weighted by atomic mass is 16.4. The van der Waals surface area contributed by atoms with E-state index in [2.05, 4.69) is 20.8 Å². The van der Waals surface area contributed by atoms with Gasteiger partial charge in [-0.05, 0) is 51.9 Å². The van der Waals surface area contributed by atoms with Crippen LogP contribution in [0.5, 0.6) is 0 Å². The van der Waals surface area contributed by atoms with E-state index in [1.54, 1.807) is 0 Å². The van der Waals surface area contributed by atoms with E-state index in [1.165, 1.54) is 44.9 Å². The number of carboxylic acids is 1. The van der Waals surface area contributed by atoms with E-state index in [-0.39, 0.29) is 11.5 Å². The summed E-state index contributed by atoms with van der Waals surface area (Å²) in [6.07, 6.45) is 18.0. The van der Waals surface area contributed by atoms with Crippen LogP contribution in [0.4, 0.5) is 0 Å². The number of unbranched alkanes of at least 4 members (excludes halogenated alkanes) is 11. The molecule has 0 aromatic rings. The highest BCUT2D eigenvalue weighted by Crippen LogP contribution is 2.21. The van der Waals surface area contributed by atoms with Crippen LogP contribution in [0.15, 0.2) is 0 Å². The monoisotopic (exact) mass is 367 g/mol. The number of rotatable bonds is 19. The van der Waals surface area contributed by atoms with Gasteiger partial charge in [0, 0.05) is 6.42 Å². The number of hydrogen-bond acceptors (Lipinski definition) is 2. The summed E-state index contributed by atoms with van der Waals surface area (Å²) in [6, 6.07) is 0. The molecule has 3 heteroatoms. The van der Waals surface area contributed by atoms with Gasteiger partial charge >= 0.3 is 5.97 Å². The molecule has 0 aliphatic carbocycles. The summed E-state index contributed by atoms with van der Waals surface area (Å²) in [5, 5.41) is 18.6. The van der Waals surface area contributed by atoms with E-state index in [0.717, 1.165) is 57.8 Å². The van der Waals surface area contributed by atoms with Crippen molar-refractivity contribution < 1.29 is 15.0 Å². The molecule has 2 N–H and O–H groups in total. The van der Waals surface area contributed by atoms with Gasteiger partial charge in [-0.2, -0.15) is 0 Å². The maximum Gasteiger partial charge on any atom is 0.303 e. The molecule has 153 valence electrons. The Balaban J connectivity index is 3.22. The van der Waals surface area contributed by atoms with Crippen LogP contribution in [0.2, 0.25) is 0 Å². The first-order chi connectivity index (χ1) is 12.3. The van der Waals surface area contributed by atoms with Gasteiger partial charge in [-0.3, -0.25) is 4.79 Å². The molecule has 3 nitrogen and oxygen atoms in total. The number of carboxylic acid groups (broad SMARTS) is 1. The maximum atomic E-state index is 10.4. The Morgan fingerprint density at radius 2 is 1.08 bits per heavy atom. The highest BCUT2D eigenvalue weighted by molar-refractivity contribution is 5.66. The number of carbonyl (C=O) groups is 1. The molecule has 0 heterocycles. The minimum Gasteiger partial charge on any atom is -0.481 e. The van der Waals surface area contributed by atoms with Gasteiger partial charge in [-0.25, -0.2) is 0 Å². The van der Waals surface area contributed by atoms with Gasteiger partial charge in [0.05, 0.1) is 6.10 Å². The fourth-order valence-electron chi connectivity index (χ4n) is 3.27. The normalized spacial score (nSPS) is 13.1. The second-order valence-corrected chi connectivity index (χ2v) is 8.22. The molecule has 0 spiro atoms. The summed E-state index contributed by atoms with van der Waals surface area (Å²) in [7, 11) is 0. The van der Waals surface area contributed by atoms with E-state index in [4.69, 9.17) is 5.11 Å². The Morgan fingerprint density at radius 3 is 1.50 bits per heavy atom. The number of hydrogen-bond donors (Lipinski definition) is 2. The van der Waals surface area contributed by atoms with Crippen molar-refractivity contribution in [3.63, 3.8) is 0 Å². The van der Waals surface area contributed by atoms with Gasteiger partial charge in [-0.15, -0.1) is 0 Å². The van der Waals surface area contributed by atoms with Crippen LogP contribution < -0.4 is 0 Å². The van der Waals surface area contributed by atoms with Crippen LogP contribution >= 0.6 is 0 Å². The second-order valence-electron chi connectivity index (χ2n) is 8.22. The summed E-state index contributed by atoms with van der Waals surface area (Å²) in [5.74, 6) is -0.684. The Labute approximate surface area is 163 Å². The summed E-state index contributed by atoms with van der Waals surface area (Å²) in [6.45, 7) is 11.8. The fourth-order valence-corrected chi connectivity index (χ4v) is 3.27. The lowest BCUT2D eigenvalue weighted by atomic mass is 9.89. The third-order valence-electron chi connectivity index (χ3n) is 4.92. The molecule has 0 fully saturated rings. The Kier molecular flexibility index (Phi) is 16.2. The van der Waals surface area contributed by atoms with Crippen molar-refractivity contribution in [1.82, 2.24) is 0 Å². The summed E-state index contributed by atoms with van der Waals surface area (Å²) >= 11 is 0. The van der Waals surface area contributed by atoms with E-state index < -0.39 is 5.97 Å². The predicted molar refractivity (Wildman–Crippen MR) is 111 cm³/mol. The Hall–Kier alpha value is -0.570. The zero-order chi connectivity index (χ0) is 19.7. The van der Waals surface area contributed by atoms with Gasteiger partial charge < -0.3 is 10.2 Å². The number of aliphatic carboxylic acids is 1. The van der Waals surface area contributed by atoms with E-state index in [1.807, 2.05) is 0 Å². The third kappa shape index (κ3) is 21.5. The lowest BCUT2D eigenvalue weighted by Gasteiger charge is -2.16. The first-order valence-corrected chi connectivity index (χ1v) is 10.8. The van der Waals surface area contributed by atoms with Gasteiger partial charge in [0.25, 0.3) is 0 Å². The summed E-state index contributed by atoms with van der Waals surface area (Å²) in [4.78, 5) is 10.4. The molecule has 1 unspecified atom stereocenters. The van der Waals surface area contributed by atoms with Gasteiger partial charge in [-0.1, -0.05) is 77.0 Å². The number of aliphatic hydroxyl groups is 1. The summed E-state index contributed by atoms with van der Waals surface area (Å²) < 4.78 is 0. The smallest absolute Gasteiger partial charge is 0.303 e. The van der Waals surface area contributed by atoms with Crippen molar-refractivity contribution >= 4 is 5.97 Å². The molecule has 0 aliphatic heterocycles. The largest absolute Gasteiger partial charge is 0.481 e. The van der Waals surface area contributed by atoms with Crippen molar-refractivity contribution in [3.05, 3.63) is 20.8 Å². The fraction of sp³-hybridized carbons (Fsp3) is 0.826. The zero-order valence-electron chi connectivity index (χ0n) is 17.0. The molecule has 26 heavy (non-hydrogen) atoms. The molecule has 0 aromatic heterocycles. The Morgan fingerprint density at radius 1 is 0.692 bits per heavy atom. The summed E-state index contributed by atoms with van der Waals surface area (Å²) in [5.41, 5.74) is -0.281. The van der Waals surface area contributed by atoms with Gasteiger partial charge in [0.15, 0.2) is 0 Å². The zero-order valence-corrected chi connectivity index (χ0v) is 17.0. The van der Waals surface area contributed by atoms with Crippen molar-refractivity contribution in [2.45, 2.75) is 115 Å². The number of aliphatic hydroxyl groups excluding tert-OH is 1. The lowest BCUT2D eigenvalue weighted by Crippen LogP contribution is -2.06. The molecular weight excluding hydrogens is 324 g/mol. The minimum absolute atomic E-state index is 0.127. The van der Waals surface area contributed by atoms with E-state index >= 15 is 0 Å². The van der Waals surface area contributed by atoms with Crippen LogP contribution in [0.25, 0.3) is 0 Å². The molecule has 0 bridgehead atoms. The quantitative estimate of drug-likeness (QED) is 0.254. The van der Waals surface area contributed by atoms with Gasteiger partial charge in [0.1, 0.15) is 0 Å². The molecule has 0 aliphatic rings. The molecular formula is C23H43O3. The van der Waals surface area contributed by atoms with Crippen LogP contribution in [0, 0.1) is 26.2 Å². The molecule has 0 saturated carbocycles. The van der Waals surface area contributed by atoms with Crippen LogP contribution in [0.3, 0.4) is 0 Å². The van der Waals surface area contributed by atoms with E-state index in [9.17, 15) is 9.90 Å². The average molecular weight is 368 g/mol. The van der Waals surface area contributed by atoms with Crippen LogP contribution in [-0.2, 0) is 4.79 Å². The SMILES string of the molecule is [CH2]C([CH2])([CH2])CCCCCCCC(O)CCCCCCCCCCC(=O)O. The molecule has 0 rings (SSSR count). The average Bonchev–Trinajstić information content (AvgIpc) is 2.54. The second kappa shape index (κ2) is 16.6. The highest BCUT2D eigenvalue weighted by Gasteiger charge is 2.09. The molecule has 1 atom stereocenters. The topological polar surface area (TPSA) is 57.5 Å². The third-order valence-corrected chi connectivity index (χ3v) is 4.92. The molecule has 3 radical (unpaired) electrons. The maximum absolute atomic E-state index is 10.4. The standard InChI is InChI=1S/C23H43O3/c1-23(2,3)20-16-12-8-10-14-18-21(24)17-13-9-6-4-5-7-11-15-19-22(25)26/h21,24H,1-20H2,(H,25,26). The first-order valence-electron chi connectivity index (χ1n) is 10.8. The van der Waals surface area contributed by atoms with Crippen LogP contribution in [0.1, 0.15) is 109 Å².